The van der Waals surface area contributed by atoms with Crippen molar-refractivity contribution in [1.82, 2.24) is 4.98 Å². The van der Waals surface area contributed by atoms with Crippen molar-refractivity contribution in [1.29, 1.82) is 0 Å². The van der Waals surface area contributed by atoms with Gasteiger partial charge in [0.05, 0.1) is 18.4 Å². The first-order valence-electron chi connectivity index (χ1n) is 5.12. The van der Waals surface area contributed by atoms with Gasteiger partial charge in [-0.3, -0.25) is 4.98 Å². The lowest BCUT2D eigenvalue weighted by Crippen LogP contribution is -2.21. The van der Waals surface area contributed by atoms with Gasteiger partial charge in [-0.25, -0.2) is 0 Å². The van der Waals surface area contributed by atoms with Crippen LogP contribution >= 0.6 is 12.2 Å². The highest BCUT2D eigenvalue weighted by Crippen LogP contribution is 2.23. The van der Waals surface area contributed by atoms with E-state index in [1.807, 2.05) is 12.1 Å². The van der Waals surface area contributed by atoms with Gasteiger partial charge < -0.3 is 10.5 Å². The lowest BCUT2D eigenvalue weighted by atomic mass is 9.96. The minimum Gasteiger partial charge on any atom is -0.388 e. The maximum Gasteiger partial charge on any atom is 0.122 e. The van der Waals surface area contributed by atoms with Gasteiger partial charge in [0.1, 0.15) is 4.99 Å². The van der Waals surface area contributed by atoms with Crippen molar-refractivity contribution < 1.29 is 4.74 Å². The van der Waals surface area contributed by atoms with Crippen molar-refractivity contribution in [3.63, 3.8) is 0 Å². The van der Waals surface area contributed by atoms with Crippen LogP contribution in [0.25, 0.3) is 0 Å². The third kappa shape index (κ3) is 2.73. The number of nitrogens with two attached hydrogens (primary N) is 1. The van der Waals surface area contributed by atoms with Gasteiger partial charge in [0.2, 0.25) is 0 Å². The van der Waals surface area contributed by atoms with Crippen LogP contribution < -0.4 is 5.73 Å². The largest absolute Gasteiger partial charge is 0.388 e. The van der Waals surface area contributed by atoms with Gasteiger partial charge in [0, 0.05) is 6.20 Å². The van der Waals surface area contributed by atoms with Crippen LogP contribution in [0.15, 0.2) is 18.3 Å². The van der Waals surface area contributed by atoms with Crippen LogP contribution in [0.5, 0.6) is 0 Å². The SMILES string of the molecule is NC(=S)c1cc(COC2CCC2)ccn1. The van der Waals surface area contributed by atoms with Crippen LogP contribution in [-0.4, -0.2) is 16.1 Å². The maximum atomic E-state index is 5.69. The summed E-state index contributed by atoms with van der Waals surface area (Å²) in [4.78, 5) is 4.41. The molecule has 1 fully saturated rings. The summed E-state index contributed by atoms with van der Waals surface area (Å²) in [5.41, 5.74) is 7.25. The molecular formula is C11H14N2OS. The molecule has 0 radical (unpaired) electrons. The Balaban J connectivity index is 1.94. The van der Waals surface area contributed by atoms with Crippen LogP contribution in [0.3, 0.4) is 0 Å². The van der Waals surface area contributed by atoms with Crippen LogP contribution in [0, 0.1) is 0 Å². The molecule has 2 N–H and O–H groups in total. The van der Waals surface area contributed by atoms with Gasteiger partial charge in [-0.2, -0.15) is 0 Å². The van der Waals surface area contributed by atoms with E-state index in [0.29, 0.717) is 23.4 Å². The minimum atomic E-state index is 0.334. The van der Waals surface area contributed by atoms with Crippen molar-refractivity contribution in [2.45, 2.75) is 32.0 Å². The molecule has 2 rings (SSSR count). The van der Waals surface area contributed by atoms with Gasteiger partial charge in [0.15, 0.2) is 0 Å². The summed E-state index contributed by atoms with van der Waals surface area (Å²) in [6, 6.07) is 3.82. The first-order chi connectivity index (χ1) is 7.25. The average Bonchev–Trinajstić information content (AvgIpc) is 2.16. The molecule has 1 heterocycles. The van der Waals surface area contributed by atoms with Gasteiger partial charge in [-0.05, 0) is 37.0 Å². The van der Waals surface area contributed by atoms with Gasteiger partial charge in [0.25, 0.3) is 0 Å². The molecule has 0 spiro atoms. The van der Waals surface area contributed by atoms with E-state index in [2.05, 4.69) is 4.98 Å². The molecule has 4 heteroatoms. The standard InChI is InChI=1S/C11H14N2OS/c12-11(15)10-6-8(4-5-13-10)7-14-9-2-1-3-9/h4-6,9H,1-3,7H2,(H2,12,15). The van der Waals surface area contributed by atoms with E-state index in [1.165, 1.54) is 19.3 Å². The van der Waals surface area contributed by atoms with Gasteiger partial charge in [-0.1, -0.05) is 12.2 Å². The van der Waals surface area contributed by atoms with Crippen LogP contribution in [0.4, 0.5) is 0 Å². The number of rotatable bonds is 4. The maximum absolute atomic E-state index is 5.69. The zero-order valence-electron chi connectivity index (χ0n) is 8.48. The molecule has 1 aromatic heterocycles. The molecule has 0 amide bonds. The molecule has 1 aliphatic rings. The number of thiocarbonyl (C=S) groups is 1. The second kappa shape index (κ2) is 4.68. The third-order valence-electron chi connectivity index (χ3n) is 2.61. The van der Waals surface area contributed by atoms with E-state index in [0.717, 1.165) is 5.56 Å². The Kier molecular flexibility index (Phi) is 3.28. The van der Waals surface area contributed by atoms with Crippen molar-refractivity contribution in [3.8, 4) is 0 Å². The monoisotopic (exact) mass is 222 g/mol. The second-order valence-corrected chi connectivity index (χ2v) is 4.22. The Morgan fingerprint density at radius 1 is 1.60 bits per heavy atom. The zero-order chi connectivity index (χ0) is 10.7. The molecular weight excluding hydrogens is 208 g/mol. The Morgan fingerprint density at radius 2 is 2.40 bits per heavy atom. The van der Waals surface area contributed by atoms with E-state index in [4.69, 9.17) is 22.7 Å². The topological polar surface area (TPSA) is 48.1 Å². The third-order valence-corrected chi connectivity index (χ3v) is 2.82. The van der Waals surface area contributed by atoms with Crippen molar-refractivity contribution in [2.24, 2.45) is 5.73 Å². The first kappa shape index (κ1) is 10.5. The smallest absolute Gasteiger partial charge is 0.122 e. The van der Waals surface area contributed by atoms with E-state index in [-0.39, 0.29) is 0 Å². The van der Waals surface area contributed by atoms with Gasteiger partial charge >= 0.3 is 0 Å². The summed E-state index contributed by atoms with van der Waals surface area (Å²) >= 11 is 4.87. The summed E-state index contributed by atoms with van der Waals surface area (Å²) in [6.07, 6.45) is 5.83. The second-order valence-electron chi connectivity index (χ2n) is 3.78. The summed E-state index contributed by atoms with van der Waals surface area (Å²) in [7, 11) is 0. The predicted octanol–water partition coefficient (Wildman–Crippen LogP) is 1.78. The molecule has 0 aliphatic heterocycles. The first-order valence-corrected chi connectivity index (χ1v) is 5.53. The highest BCUT2D eigenvalue weighted by atomic mass is 32.1. The summed E-state index contributed by atoms with van der Waals surface area (Å²) in [5, 5.41) is 0. The lowest BCUT2D eigenvalue weighted by molar-refractivity contribution is -0.00869. The Bertz CT molecular complexity index is 363. The summed E-state index contributed by atoms with van der Waals surface area (Å²) < 4.78 is 5.69. The van der Waals surface area contributed by atoms with Crippen molar-refractivity contribution in [2.75, 3.05) is 0 Å². The number of hydrogen-bond donors (Lipinski definition) is 1. The quantitative estimate of drug-likeness (QED) is 0.789. The van der Waals surface area contributed by atoms with E-state index in [1.54, 1.807) is 6.20 Å². The van der Waals surface area contributed by atoms with Crippen LogP contribution in [0.2, 0.25) is 0 Å². The fourth-order valence-electron chi connectivity index (χ4n) is 1.45. The fraction of sp³-hybridized carbons (Fsp3) is 0.455. The fourth-order valence-corrected chi connectivity index (χ4v) is 1.56. The number of pyridine rings is 1. The number of nitrogens with zero attached hydrogens (tertiary/aromatic N) is 1. The highest BCUT2D eigenvalue weighted by Gasteiger charge is 2.17. The molecule has 0 bridgehead atoms. The van der Waals surface area contributed by atoms with Crippen LogP contribution in [0.1, 0.15) is 30.5 Å². The summed E-state index contributed by atoms with van der Waals surface area (Å²) in [6.45, 7) is 0.628. The number of aromatic nitrogens is 1. The molecule has 0 atom stereocenters. The molecule has 1 saturated carbocycles. The Labute approximate surface area is 94.6 Å². The van der Waals surface area contributed by atoms with Crippen molar-refractivity contribution >= 4 is 17.2 Å². The molecule has 0 unspecified atom stereocenters. The Hall–Kier alpha value is -1.00. The molecule has 1 aliphatic carbocycles. The molecule has 0 saturated heterocycles. The van der Waals surface area contributed by atoms with Gasteiger partial charge in [-0.15, -0.1) is 0 Å². The highest BCUT2D eigenvalue weighted by molar-refractivity contribution is 7.80. The van der Waals surface area contributed by atoms with Crippen molar-refractivity contribution in [3.05, 3.63) is 29.6 Å². The van der Waals surface area contributed by atoms with Crippen LogP contribution in [-0.2, 0) is 11.3 Å². The molecule has 80 valence electrons. The molecule has 1 aromatic rings. The number of ether oxygens (including phenoxy) is 1. The average molecular weight is 222 g/mol. The van der Waals surface area contributed by atoms with E-state index in [9.17, 15) is 0 Å². The lowest BCUT2D eigenvalue weighted by Gasteiger charge is -2.25. The zero-order valence-corrected chi connectivity index (χ0v) is 9.30. The summed E-state index contributed by atoms with van der Waals surface area (Å²) in [5.74, 6) is 0. The molecule has 15 heavy (non-hydrogen) atoms. The predicted molar refractivity (Wildman–Crippen MR) is 62.6 cm³/mol. The Morgan fingerprint density at radius 3 is 3.00 bits per heavy atom. The minimum absolute atomic E-state index is 0.334. The van der Waals surface area contributed by atoms with E-state index < -0.39 is 0 Å². The van der Waals surface area contributed by atoms with E-state index >= 15 is 0 Å². The molecule has 0 aromatic carbocycles. The normalized spacial score (nSPS) is 16.0. The molecule has 3 nitrogen and oxygen atoms in total. The number of hydrogen-bond acceptors (Lipinski definition) is 3.